The minimum absolute atomic E-state index is 0.319. The number of amides is 1. The Hall–Kier alpha value is -0.180. The number of likely N-dealkylation sites (tertiary alicyclic amines) is 1. The third kappa shape index (κ3) is 2.40. The van der Waals surface area contributed by atoms with Gasteiger partial charge in [0, 0.05) is 19.5 Å². The minimum Gasteiger partial charge on any atom is -0.342 e. The predicted molar refractivity (Wildman–Crippen MR) is 48.8 cm³/mol. The van der Waals surface area contributed by atoms with Crippen molar-refractivity contribution < 1.29 is 4.79 Å². The van der Waals surface area contributed by atoms with Crippen LogP contribution in [0.5, 0.6) is 0 Å². The molecular formula is C8H15NOS. The van der Waals surface area contributed by atoms with Crippen molar-refractivity contribution in [3.05, 3.63) is 0 Å². The maximum Gasteiger partial charge on any atom is 0.222 e. The van der Waals surface area contributed by atoms with Gasteiger partial charge in [-0.1, -0.05) is 6.92 Å². The van der Waals surface area contributed by atoms with Gasteiger partial charge in [0.1, 0.15) is 0 Å². The molecule has 0 aliphatic carbocycles. The first-order valence-corrected chi connectivity index (χ1v) is 4.76. The van der Waals surface area contributed by atoms with Crippen LogP contribution >= 0.6 is 12.6 Å². The van der Waals surface area contributed by atoms with Gasteiger partial charge in [0.25, 0.3) is 0 Å². The van der Waals surface area contributed by atoms with E-state index in [4.69, 9.17) is 0 Å². The van der Waals surface area contributed by atoms with Crippen molar-refractivity contribution in [1.29, 1.82) is 0 Å². The first-order valence-electron chi connectivity index (χ1n) is 4.12. The van der Waals surface area contributed by atoms with Gasteiger partial charge in [-0.3, -0.25) is 4.79 Å². The molecule has 1 heterocycles. The van der Waals surface area contributed by atoms with E-state index in [1.165, 1.54) is 0 Å². The van der Waals surface area contributed by atoms with E-state index in [0.717, 1.165) is 31.7 Å². The molecule has 0 saturated carbocycles. The summed E-state index contributed by atoms with van der Waals surface area (Å²) in [6.07, 6.45) is 1.76. The number of nitrogens with zero attached hydrogens (tertiary/aromatic N) is 1. The molecule has 1 aliphatic rings. The summed E-state index contributed by atoms with van der Waals surface area (Å²) < 4.78 is 0. The van der Waals surface area contributed by atoms with Gasteiger partial charge in [-0.15, -0.1) is 0 Å². The Balaban J connectivity index is 2.29. The van der Waals surface area contributed by atoms with Gasteiger partial charge in [-0.2, -0.15) is 12.6 Å². The monoisotopic (exact) mass is 173 g/mol. The van der Waals surface area contributed by atoms with Crippen molar-refractivity contribution >= 4 is 18.5 Å². The van der Waals surface area contributed by atoms with E-state index in [9.17, 15) is 4.79 Å². The number of hydrogen-bond donors (Lipinski definition) is 1. The van der Waals surface area contributed by atoms with E-state index < -0.39 is 0 Å². The quantitative estimate of drug-likeness (QED) is 0.635. The Labute approximate surface area is 73.4 Å². The lowest BCUT2D eigenvalue weighted by Gasteiger charge is -2.14. The second-order valence-electron chi connectivity index (χ2n) is 3.23. The normalized spacial score (nSPS) is 24.7. The Kier molecular flexibility index (Phi) is 3.24. The molecule has 0 radical (unpaired) electrons. The van der Waals surface area contributed by atoms with Crippen LogP contribution in [0.15, 0.2) is 0 Å². The van der Waals surface area contributed by atoms with Crippen molar-refractivity contribution in [1.82, 2.24) is 4.90 Å². The van der Waals surface area contributed by atoms with Crippen molar-refractivity contribution in [2.45, 2.75) is 19.8 Å². The second-order valence-corrected chi connectivity index (χ2v) is 3.67. The molecule has 0 bridgehead atoms. The molecule has 1 fully saturated rings. The Morgan fingerprint density at radius 3 is 2.91 bits per heavy atom. The molecule has 3 heteroatoms. The summed E-state index contributed by atoms with van der Waals surface area (Å²) in [5.74, 6) is 1.75. The molecule has 0 aromatic rings. The molecular weight excluding hydrogens is 158 g/mol. The molecule has 0 N–H and O–H groups in total. The largest absolute Gasteiger partial charge is 0.342 e. The van der Waals surface area contributed by atoms with Crippen LogP contribution in [0.3, 0.4) is 0 Å². The zero-order valence-corrected chi connectivity index (χ0v) is 7.81. The average molecular weight is 173 g/mol. The molecule has 1 unspecified atom stereocenters. The summed E-state index contributed by atoms with van der Waals surface area (Å²) in [7, 11) is 0. The molecule has 0 spiro atoms. The van der Waals surface area contributed by atoms with Gasteiger partial charge in [-0.25, -0.2) is 0 Å². The first kappa shape index (κ1) is 8.91. The number of carbonyl (C=O) groups excluding carboxylic acids is 1. The van der Waals surface area contributed by atoms with Crippen LogP contribution in [0, 0.1) is 5.92 Å². The van der Waals surface area contributed by atoms with E-state index in [0.29, 0.717) is 11.8 Å². The molecule has 64 valence electrons. The number of thiol groups is 1. The van der Waals surface area contributed by atoms with E-state index in [1.54, 1.807) is 0 Å². The summed E-state index contributed by atoms with van der Waals surface area (Å²) in [6, 6.07) is 0. The van der Waals surface area contributed by atoms with E-state index >= 15 is 0 Å². The fraction of sp³-hybridized carbons (Fsp3) is 0.875. The van der Waals surface area contributed by atoms with E-state index in [1.807, 2.05) is 4.90 Å². The van der Waals surface area contributed by atoms with Crippen LogP contribution in [0.4, 0.5) is 0 Å². The van der Waals surface area contributed by atoms with Gasteiger partial charge >= 0.3 is 0 Å². The lowest BCUT2D eigenvalue weighted by molar-refractivity contribution is -0.127. The number of carbonyl (C=O) groups is 1. The Morgan fingerprint density at radius 2 is 2.45 bits per heavy atom. The molecule has 1 atom stereocenters. The first-order chi connectivity index (χ1) is 5.24. The standard InChI is InChI=1S/C8H15NOS/c1-7-5-8(10)9(6-7)3-2-4-11/h7,11H,2-6H2,1H3. The van der Waals surface area contributed by atoms with Gasteiger partial charge in [0.15, 0.2) is 0 Å². The topological polar surface area (TPSA) is 20.3 Å². The van der Waals surface area contributed by atoms with Crippen LogP contribution in [0.1, 0.15) is 19.8 Å². The Morgan fingerprint density at radius 1 is 1.73 bits per heavy atom. The van der Waals surface area contributed by atoms with Crippen molar-refractivity contribution in [3.8, 4) is 0 Å². The highest BCUT2D eigenvalue weighted by Gasteiger charge is 2.25. The smallest absolute Gasteiger partial charge is 0.222 e. The number of hydrogen-bond acceptors (Lipinski definition) is 2. The molecule has 0 aromatic heterocycles. The van der Waals surface area contributed by atoms with Crippen LogP contribution in [-0.2, 0) is 4.79 Å². The maximum atomic E-state index is 11.2. The zero-order chi connectivity index (χ0) is 8.27. The third-order valence-corrected chi connectivity index (χ3v) is 2.31. The fourth-order valence-corrected chi connectivity index (χ4v) is 1.59. The van der Waals surface area contributed by atoms with Crippen LogP contribution < -0.4 is 0 Å². The van der Waals surface area contributed by atoms with Crippen LogP contribution in [0.2, 0.25) is 0 Å². The second kappa shape index (κ2) is 4.00. The maximum absolute atomic E-state index is 11.2. The van der Waals surface area contributed by atoms with Crippen molar-refractivity contribution in [2.24, 2.45) is 5.92 Å². The zero-order valence-electron chi connectivity index (χ0n) is 6.92. The van der Waals surface area contributed by atoms with E-state index in [2.05, 4.69) is 19.6 Å². The molecule has 11 heavy (non-hydrogen) atoms. The summed E-state index contributed by atoms with van der Waals surface area (Å²) in [6.45, 7) is 3.97. The fourth-order valence-electron chi connectivity index (χ4n) is 1.45. The van der Waals surface area contributed by atoms with Gasteiger partial charge < -0.3 is 4.90 Å². The molecule has 1 aliphatic heterocycles. The average Bonchev–Trinajstić information content (AvgIpc) is 2.26. The van der Waals surface area contributed by atoms with Crippen molar-refractivity contribution in [3.63, 3.8) is 0 Å². The summed E-state index contributed by atoms with van der Waals surface area (Å²) in [5.41, 5.74) is 0. The van der Waals surface area contributed by atoms with Crippen molar-refractivity contribution in [2.75, 3.05) is 18.8 Å². The van der Waals surface area contributed by atoms with Gasteiger partial charge in [0.05, 0.1) is 0 Å². The van der Waals surface area contributed by atoms with Gasteiger partial charge in [0.2, 0.25) is 5.91 Å². The van der Waals surface area contributed by atoms with Crippen LogP contribution in [0.25, 0.3) is 0 Å². The molecule has 1 rings (SSSR count). The summed E-state index contributed by atoms with van der Waals surface area (Å²) in [4.78, 5) is 13.1. The lowest BCUT2D eigenvalue weighted by atomic mass is 10.2. The highest BCUT2D eigenvalue weighted by molar-refractivity contribution is 7.80. The summed E-state index contributed by atoms with van der Waals surface area (Å²) in [5, 5.41) is 0. The molecule has 1 saturated heterocycles. The predicted octanol–water partition coefficient (Wildman–Crippen LogP) is 1.17. The van der Waals surface area contributed by atoms with Gasteiger partial charge in [-0.05, 0) is 18.1 Å². The molecule has 2 nitrogen and oxygen atoms in total. The highest BCUT2D eigenvalue weighted by Crippen LogP contribution is 2.16. The Bertz CT molecular complexity index is 149. The summed E-state index contributed by atoms with van der Waals surface area (Å²) >= 11 is 4.11. The van der Waals surface area contributed by atoms with E-state index in [-0.39, 0.29) is 0 Å². The lowest BCUT2D eigenvalue weighted by Crippen LogP contribution is -2.26. The third-order valence-electron chi connectivity index (χ3n) is 1.99. The molecule has 1 amide bonds. The van der Waals surface area contributed by atoms with Crippen LogP contribution in [-0.4, -0.2) is 29.6 Å². The highest BCUT2D eigenvalue weighted by atomic mass is 32.1. The molecule has 0 aromatic carbocycles. The SMILES string of the molecule is CC1CC(=O)N(CCCS)C1. The minimum atomic E-state index is 0.319. The number of rotatable bonds is 3.